The van der Waals surface area contributed by atoms with Crippen LogP contribution < -0.4 is 5.73 Å². The van der Waals surface area contributed by atoms with Gasteiger partial charge in [0.25, 0.3) is 0 Å². The van der Waals surface area contributed by atoms with Gasteiger partial charge in [-0.2, -0.15) is 0 Å². The van der Waals surface area contributed by atoms with Crippen molar-refractivity contribution in [2.75, 3.05) is 0 Å². The topological polar surface area (TPSA) is 104 Å². The first kappa shape index (κ1) is 10.3. The summed E-state index contributed by atoms with van der Waals surface area (Å²) < 4.78 is 0. The molecule has 0 aliphatic heterocycles. The van der Waals surface area contributed by atoms with E-state index in [1.54, 1.807) is 0 Å². The Morgan fingerprint density at radius 2 is 1.91 bits per heavy atom. The molecule has 0 bridgehead atoms. The van der Waals surface area contributed by atoms with Crippen LogP contribution in [0.2, 0.25) is 0 Å². The van der Waals surface area contributed by atoms with Crippen LogP contribution in [0.3, 0.4) is 0 Å². The second-order valence-electron chi connectivity index (χ2n) is 2.47. The molecule has 0 saturated carbocycles. The Hall–Kier alpha value is -0.650. The Morgan fingerprint density at radius 3 is 2.18 bits per heavy atom. The van der Waals surface area contributed by atoms with Gasteiger partial charge in [-0.25, -0.2) is 0 Å². The lowest BCUT2D eigenvalue weighted by Gasteiger charge is -2.18. The molecule has 5 N–H and O–H groups in total. The van der Waals surface area contributed by atoms with Crippen LogP contribution in [0.5, 0.6) is 0 Å². The Morgan fingerprint density at radius 1 is 1.45 bits per heavy atom. The van der Waals surface area contributed by atoms with Gasteiger partial charge in [-0.15, -0.1) is 0 Å². The minimum atomic E-state index is -1.32. The van der Waals surface area contributed by atoms with Crippen LogP contribution in [0.4, 0.5) is 0 Å². The molecule has 3 atom stereocenters. The van der Waals surface area contributed by atoms with E-state index < -0.39 is 24.2 Å². The second-order valence-corrected chi connectivity index (χ2v) is 2.47. The summed E-state index contributed by atoms with van der Waals surface area (Å²) in [4.78, 5) is 10.2. The molecule has 0 aliphatic rings. The van der Waals surface area contributed by atoms with Gasteiger partial charge in [0, 0.05) is 0 Å². The summed E-state index contributed by atoms with van der Waals surface area (Å²) in [5.74, 6) is -0.711. The normalized spacial score (nSPS) is 18.9. The van der Waals surface area contributed by atoms with Gasteiger partial charge in [0.15, 0.2) is 0 Å². The molecule has 0 aromatic carbocycles. The van der Waals surface area contributed by atoms with E-state index in [1.807, 2.05) is 0 Å². The third kappa shape index (κ3) is 3.92. The van der Waals surface area contributed by atoms with Crippen molar-refractivity contribution >= 4 is 5.91 Å². The van der Waals surface area contributed by atoms with Crippen molar-refractivity contribution in [3.05, 3.63) is 0 Å². The molecular formula is C6H13NO4. The van der Waals surface area contributed by atoms with E-state index in [0.717, 1.165) is 0 Å². The summed E-state index contributed by atoms with van der Waals surface area (Å²) in [5.41, 5.74) is 4.74. The first-order chi connectivity index (χ1) is 4.95. The van der Waals surface area contributed by atoms with Crippen molar-refractivity contribution in [3.8, 4) is 0 Å². The van der Waals surface area contributed by atoms with Gasteiger partial charge >= 0.3 is 0 Å². The summed E-state index contributed by atoms with van der Waals surface area (Å²) in [6.07, 6.45) is -4.01. The van der Waals surface area contributed by atoms with Crippen LogP contribution >= 0.6 is 0 Å². The standard InChI is InChI=1S/C6H13NO4/c1-3(8)6(11)4(9)2-5(7)10/h3-4,6,8-9,11H,2H2,1H3,(H2,7,10)/t3-,4-,6+/m0/s1. The second kappa shape index (κ2) is 4.27. The average molecular weight is 163 g/mol. The first-order valence-corrected chi connectivity index (χ1v) is 3.27. The number of aliphatic hydroxyl groups is 3. The zero-order valence-electron chi connectivity index (χ0n) is 6.27. The van der Waals surface area contributed by atoms with Crippen molar-refractivity contribution in [3.63, 3.8) is 0 Å². The van der Waals surface area contributed by atoms with E-state index in [-0.39, 0.29) is 6.42 Å². The number of primary amides is 1. The highest BCUT2D eigenvalue weighted by molar-refractivity contribution is 5.74. The van der Waals surface area contributed by atoms with Gasteiger partial charge in [0.2, 0.25) is 5.91 Å². The van der Waals surface area contributed by atoms with Gasteiger partial charge in [-0.05, 0) is 6.92 Å². The van der Waals surface area contributed by atoms with Crippen molar-refractivity contribution in [2.24, 2.45) is 5.73 Å². The molecule has 0 aromatic rings. The molecule has 1 amide bonds. The van der Waals surface area contributed by atoms with Crippen LogP contribution in [0.15, 0.2) is 0 Å². The summed E-state index contributed by atoms with van der Waals surface area (Å²) in [6, 6.07) is 0. The van der Waals surface area contributed by atoms with Gasteiger partial charge in [-0.1, -0.05) is 0 Å². The van der Waals surface area contributed by atoms with Crippen LogP contribution in [-0.4, -0.2) is 39.5 Å². The zero-order valence-corrected chi connectivity index (χ0v) is 6.27. The van der Waals surface area contributed by atoms with Gasteiger partial charge in [0.05, 0.1) is 18.6 Å². The SMILES string of the molecule is C[C@H](O)[C@@H](O)[C@@H](O)CC(N)=O. The molecule has 0 saturated heterocycles. The monoisotopic (exact) mass is 163 g/mol. The number of carbonyl (C=O) groups is 1. The molecule has 5 nitrogen and oxygen atoms in total. The number of nitrogens with two attached hydrogens (primary N) is 1. The Labute approximate surface area is 64.4 Å². The third-order valence-corrected chi connectivity index (χ3v) is 1.30. The summed E-state index contributed by atoms with van der Waals surface area (Å²) in [6.45, 7) is 1.31. The predicted molar refractivity (Wildman–Crippen MR) is 37.5 cm³/mol. The number of hydrogen-bond donors (Lipinski definition) is 4. The summed E-state index contributed by atoms with van der Waals surface area (Å²) >= 11 is 0. The van der Waals surface area contributed by atoms with Crippen LogP contribution in [0.25, 0.3) is 0 Å². The number of hydrogen-bond acceptors (Lipinski definition) is 4. The van der Waals surface area contributed by atoms with Crippen LogP contribution in [-0.2, 0) is 4.79 Å². The van der Waals surface area contributed by atoms with Gasteiger partial charge in [-0.3, -0.25) is 4.79 Å². The fourth-order valence-corrected chi connectivity index (χ4v) is 0.648. The maximum atomic E-state index is 10.2. The Balaban J connectivity index is 3.82. The van der Waals surface area contributed by atoms with E-state index in [1.165, 1.54) is 6.92 Å². The number of rotatable bonds is 4. The molecule has 0 radical (unpaired) electrons. The van der Waals surface area contributed by atoms with Crippen molar-refractivity contribution in [1.29, 1.82) is 0 Å². The van der Waals surface area contributed by atoms with Crippen molar-refractivity contribution in [2.45, 2.75) is 31.7 Å². The zero-order chi connectivity index (χ0) is 9.02. The quantitative estimate of drug-likeness (QED) is 0.383. The van der Waals surface area contributed by atoms with Crippen molar-refractivity contribution in [1.82, 2.24) is 0 Å². The fraction of sp³-hybridized carbons (Fsp3) is 0.833. The molecule has 0 heterocycles. The number of aliphatic hydroxyl groups excluding tert-OH is 3. The lowest BCUT2D eigenvalue weighted by Crippen LogP contribution is -2.38. The molecule has 0 aliphatic carbocycles. The smallest absolute Gasteiger partial charge is 0.220 e. The van der Waals surface area contributed by atoms with Gasteiger partial charge < -0.3 is 21.1 Å². The van der Waals surface area contributed by atoms with E-state index in [2.05, 4.69) is 0 Å². The highest BCUT2D eigenvalue weighted by atomic mass is 16.4. The number of carbonyl (C=O) groups excluding carboxylic acids is 1. The maximum absolute atomic E-state index is 10.2. The summed E-state index contributed by atoms with van der Waals surface area (Å²) in [7, 11) is 0. The van der Waals surface area contributed by atoms with E-state index >= 15 is 0 Å². The predicted octanol–water partition coefficient (Wildman–Crippen LogP) is -2.04. The van der Waals surface area contributed by atoms with Gasteiger partial charge in [0.1, 0.15) is 6.10 Å². The lowest BCUT2D eigenvalue weighted by molar-refractivity contribution is -0.123. The average Bonchev–Trinajstić information content (AvgIpc) is 1.84. The minimum absolute atomic E-state index is 0.341. The van der Waals surface area contributed by atoms with E-state index in [0.29, 0.717) is 0 Å². The molecule has 66 valence electrons. The van der Waals surface area contributed by atoms with Crippen LogP contribution in [0, 0.1) is 0 Å². The molecule has 5 heteroatoms. The molecule has 0 aromatic heterocycles. The Kier molecular flexibility index (Phi) is 4.02. The molecule has 0 spiro atoms. The van der Waals surface area contributed by atoms with Crippen molar-refractivity contribution < 1.29 is 20.1 Å². The molecular weight excluding hydrogens is 150 g/mol. The molecule has 11 heavy (non-hydrogen) atoms. The summed E-state index contributed by atoms with van der Waals surface area (Å²) in [5, 5.41) is 26.6. The fourth-order valence-electron chi connectivity index (χ4n) is 0.648. The van der Waals surface area contributed by atoms with E-state index in [4.69, 9.17) is 21.1 Å². The molecule has 0 fully saturated rings. The Bertz CT molecular complexity index is 137. The highest BCUT2D eigenvalue weighted by Gasteiger charge is 2.22. The number of amides is 1. The largest absolute Gasteiger partial charge is 0.391 e. The van der Waals surface area contributed by atoms with Crippen LogP contribution in [0.1, 0.15) is 13.3 Å². The van der Waals surface area contributed by atoms with E-state index in [9.17, 15) is 4.79 Å². The lowest BCUT2D eigenvalue weighted by atomic mass is 10.1. The molecule has 0 rings (SSSR count). The molecule has 0 unspecified atom stereocenters. The first-order valence-electron chi connectivity index (χ1n) is 3.27. The maximum Gasteiger partial charge on any atom is 0.220 e. The minimum Gasteiger partial charge on any atom is -0.391 e. The highest BCUT2D eigenvalue weighted by Crippen LogP contribution is 2.02. The third-order valence-electron chi connectivity index (χ3n) is 1.30.